The molecule has 1 unspecified atom stereocenters. The zero-order chi connectivity index (χ0) is 11.3. The minimum Gasteiger partial charge on any atom is -0.368 e. The van der Waals surface area contributed by atoms with Gasteiger partial charge in [0.2, 0.25) is 11.8 Å². The number of hydrogen-bond donors (Lipinski definition) is 2. The predicted octanol–water partition coefficient (Wildman–Crippen LogP) is -0.0370. The second-order valence-electron chi connectivity index (χ2n) is 2.79. The monoisotopic (exact) mass is 227 g/mol. The number of carbonyl (C=O) groups is 2. The SMILES string of the molecule is NC(=O)C(NC(=O)CCl)c1ccccn1. The molecule has 3 N–H and O–H groups in total. The second-order valence-corrected chi connectivity index (χ2v) is 3.06. The molecular formula is C9H10ClN3O2. The van der Waals surface area contributed by atoms with Crippen molar-refractivity contribution in [2.75, 3.05) is 5.88 Å². The van der Waals surface area contributed by atoms with Crippen molar-refractivity contribution in [1.29, 1.82) is 0 Å². The fourth-order valence-electron chi connectivity index (χ4n) is 1.04. The molecule has 0 aliphatic rings. The van der Waals surface area contributed by atoms with Crippen LogP contribution in [0.4, 0.5) is 0 Å². The number of amides is 2. The van der Waals surface area contributed by atoms with Crippen LogP contribution in [0.3, 0.4) is 0 Å². The molecule has 6 heteroatoms. The minimum atomic E-state index is -0.933. The molecule has 0 radical (unpaired) electrons. The number of alkyl halides is 1. The van der Waals surface area contributed by atoms with Crippen LogP contribution >= 0.6 is 11.6 Å². The van der Waals surface area contributed by atoms with Gasteiger partial charge in [-0.3, -0.25) is 14.6 Å². The summed E-state index contributed by atoms with van der Waals surface area (Å²) in [5.41, 5.74) is 5.53. The van der Waals surface area contributed by atoms with Gasteiger partial charge >= 0.3 is 0 Å². The standard InChI is InChI=1S/C9H10ClN3O2/c10-5-7(14)13-8(9(11)15)6-3-1-2-4-12-6/h1-4,8H,5H2,(H2,11,15)(H,13,14). The van der Waals surface area contributed by atoms with E-state index in [0.29, 0.717) is 5.69 Å². The molecule has 0 fully saturated rings. The van der Waals surface area contributed by atoms with Crippen LogP contribution in [-0.2, 0) is 9.59 Å². The number of hydrogen-bond acceptors (Lipinski definition) is 3. The Hall–Kier alpha value is -1.62. The summed E-state index contributed by atoms with van der Waals surface area (Å²) in [6.07, 6.45) is 1.51. The zero-order valence-electron chi connectivity index (χ0n) is 7.81. The third-order valence-corrected chi connectivity index (χ3v) is 1.94. The molecule has 0 bridgehead atoms. The Kier molecular flexibility index (Phi) is 4.05. The van der Waals surface area contributed by atoms with Crippen LogP contribution in [0.5, 0.6) is 0 Å². The highest BCUT2D eigenvalue weighted by molar-refractivity contribution is 6.27. The maximum absolute atomic E-state index is 11.1. The van der Waals surface area contributed by atoms with Crippen LogP contribution in [0.15, 0.2) is 24.4 Å². The zero-order valence-corrected chi connectivity index (χ0v) is 8.57. The maximum Gasteiger partial charge on any atom is 0.246 e. The number of nitrogens with two attached hydrogens (primary N) is 1. The van der Waals surface area contributed by atoms with Gasteiger partial charge in [-0.05, 0) is 12.1 Å². The van der Waals surface area contributed by atoms with E-state index in [-0.39, 0.29) is 5.88 Å². The van der Waals surface area contributed by atoms with Gasteiger partial charge in [0.25, 0.3) is 0 Å². The van der Waals surface area contributed by atoms with E-state index in [4.69, 9.17) is 17.3 Å². The number of carbonyl (C=O) groups excluding carboxylic acids is 2. The fourth-order valence-corrected chi connectivity index (χ4v) is 1.11. The Bertz CT molecular complexity index is 356. The first-order valence-electron chi connectivity index (χ1n) is 4.20. The molecular weight excluding hydrogens is 218 g/mol. The molecule has 1 aromatic heterocycles. The Morgan fingerprint density at radius 1 is 1.53 bits per heavy atom. The van der Waals surface area contributed by atoms with Gasteiger partial charge in [0, 0.05) is 6.20 Å². The number of rotatable bonds is 4. The highest BCUT2D eigenvalue weighted by Crippen LogP contribution is 2.08. The fraction of sp³-hybridized carbons (Fsp3) is 0.222. The molecule has 0 aliphatic heterocycles. The van der Waals surface area contributed by atoms with Gasteiger partial charge in [-0.2, -0.15) is 0 Å². The molecule has 1 atom stereocenters. The summed E-state index contributed by atoms with van der Waals surface area (Å²) in [6.45, 7) is 0. The van der Waals surface area contributed by atoms with Crippen LogP contribution in [0, 0.1) is 0 Å². The second kappa shape index (κ2) is 5.31. The summed E-state index contributed by atoms with van der Waals surface area (Å²) >= 11 is 5.30. The van der Waals surface area contributed by atoms with Crippen LogP contribution in [0.2, 0.25) is 0 Å². The first-order valence-corrected chi connectivity index (χ1v) is 4.74. The lowest BCUT2D eigenvalue weighted by Gasteiger charge is -2.13. The molecule has 0 saturated heterocycles. The van der Waals surface area contributed by atoms with Gasteiger partial charge in [-0.1, -0.05) is 6.07 Å². The number of pyridine rings is 1. The molecule has 0 spiro atoms. The number of halogens is 1. The van der Waals surface area contributed by atoms with Gasteiger partial charge < -0.3 is 11.1 Å². The lowest BCUT2D eigenvalue weighted by atomic mass is 10.2. The Labute approximate surface area is 91.6 Å². The summed E-state index contributed by atoms with van der Waals surface area (Å²) in [6, 6.07) is 4.07. The van der Waals surface area contributed by atoms with E-state index in [1.807, 2.05) is 0 Å². The predicted molar refractivity (Wildman–Crippen MR) is 55.0 cm³/mol. The van der Waals surface area contributed by atoms with Crippen LogP contribution in [0.1, 0.15) is 11.7 Å². The van der Waals surface area contributed by atoms with Crippen molar-refractivity contribution < 1.29 is 9.59 Å². The molecule has 2 amide bonds. The number of nitrogens with zero attached hydrogens (tertiary/aromatic N) is 1. The summed E-state index contributed by atoms with van der Waals surface area (Å²) < 4.78 is 0. The smallest absolute Gasteiger partial charge is 0.246 e. The van der Waals surface area contributed by atoms with Gasteiger partial charge in [-0.25, -0.2) is 0 Å². The lowest BCUT2D eigenvalue weighted by molar-refractivity contribution is -0.126. The van der Waals surface area contributed by atoms with Gasteiger partial charge in [-0.15, -0.1) is 11.6 Å². The van der Waals surface area contributed by atoms with E-state index < -0.39 is 17.9 Å². The van der Waals surface area contributed by atoms with Crippen LogP contribution < -0.4 is 11.1 Å². The average molecular weight is 228 g/mol. The topological polar surface area (TPSA) is 85.1 Å². The number of primary amides is 1. The van der Waals surface area contributed by atoms with Gasteiger partial charge in [0.1, 0.15) is 5.88 Å². The molecule has 5 nitrogen and oxygen atoms in total. The van der Waals surface area contributed by atoms with E-state index >= 15 is 0 Å². The minimum absolute atomic E-state index is 0.226. The quantitative estimate of drug-likeness (QED) is 0.708. The highest BCUT2D eigenvalue weighted by atomic mass is 35.5. The van der Waals surface area contributed by atoms with Crippen LogP contribution in [-0.4, -0.2) is 22.7 Å². The molecule has 15 heavy (non-hydrogen) atoms. The van der Waals surface area contributed by atoms with Gasteiger partial charge in [0.15, 0.2) is 6.04 Å². The summed E-state index contributed by atoms with van der Waals surface area (Å²) in [7, 11) is 0. The molecule has 1 aromatic rings. The molecule has 0 saturated carbocycles. The Morgan fingerprint density at radius 3 is 2.73 bits per heavy atom. The number of aromatic nitrogens is 1. The third-order valence-electron chi connectivity index (χ3n) is 1.69. The molecule has 0 aromatic carbocycles. The van der Waals surface area contributed by atoms with Crippen LogP contribution in [0.25, 0.3) is 0 Å². The van der Waals surface area contributed by atoms with Crippen molar-refractivity contribution in [1.82, 2.24) is 10.3 Å². The first kappa shape index (κ1) is 11.5. The average Bonchev–Trinajstić information content (AvgIpc) is 2.26. The van der Waals surface area contributed by atoms with E-state index in [0.717, 1.165) is 0 Å². The first-order chi connectivity index (χ1) is 7.15. The normalized spacial score (nSPS) is 11.8. The Morgan fingerprint density at radius 2 is 2.27 bits per heavy atom. The number of nitrogens with one attached hydrogen (secondary N) is 1. The molecule has 1 rings (SSSR count). The molecule has 80 valence electrons. The summed E-state index contributed by atoms with van der Waals surface area (Å²) in [4.78, 5) is 26.0. The van der Waals surface area contributed by atoms with E-state index in [1.165, 1.54) is 6.20 Å². The van der Waals surface area contributed by atoms with E-state index in [2.05, 4.69) is 10.3 Å². The summed E-state index contributed by atoms with van der Waals surface area (Å²) in [5.74, 6) is -1.37. The largest absolute Gasteiger partial charge is 0.368 e. The third kappa shape index (κ3) is 3.21. The van der Waals surface area contributed by atoms with Crippen molar-refractivity contribution in [3.8, 4) is 0 Å². The van der Waals surface area contributed by atoms with Crippen molar-refractivity contribution >= 4 is 23.4 Å². The Balaban J connectivity index is 2.84. The van der Waals surface area contributed by atoms with Crippen molar-refractivity contribution in [2.45, 2.75) is 6.04 Å². The van der Waals surface area contributed by atoms with E-state index in [1.54, 1.807) is 18.2 Å². The molecule has 1 heterocycles. The van der Waals surface area contributed by atoms with Crippen molar-refractivity contribution in [3.63, 3.8) is 0 Å². The van der Waals surface area contributed by atoms with Crippen molar-refractivity contribution in [2.24, 2.45) is 5.73 Å². The van der Waals surface area contributed by atoms with E-state index in [9.17, 15) is 9.59 Å². The lowest BCUT2D eigenvalue weighted by Crippen LogP contribution is -2.38. The maximum atomic E-state index is 11.1. The van der Waals surface area contributed by atoms with Crippen molar-refractivity contribution in [3.05, 3.63) is 30.1 Å². The highest BCUT2D eigenvalue weighted by Gasteiger charge is 2.20. The summed E-state index contributed by atoms with van der Waals surface area (Å²) in [5, 5.41) is 2.37. The molecule has 0 aliphatic carbocycles. The van der Waals surface area contributed by atoms with Gasteiger partial charge in [0.05, 0.1) is 5.69 Å².